The first kappa shape index (κ1) is 11.5. The first-order valence-corrected chi connectivity index (χ1v) is 5.08. The zero-order valence-electron chi connectivity index (χ0n) is 8.49. The van der Waals surface area contributed by atoms with Crippen LogP contribution in [0.3, 0.4) is 0 Å². The van der Waals surface area contributed by atoms with Gasteiger partial charge in [-0.05, 0) is 13.0 Å². The summed E-state index contributed by atoms with van der Waals surface area (Å²) in [5, 5.41) is 4.25. The second kappa shape index (κ2) is 4.75. The highest BCUT2D eigenvalue weighted by atomic mass is 32.1. The Bertz CT molecular complexity index is 409. The number of aryl methyl sites for hydroxylation is 1. The molecule has 0 bridgehead atoms. The number of ether oxygens (including phenoxy) is 1. The van der Waals surface area contributed by atoms with Crippen LogP contribution in [0.25, 0.3) is 0 Å². The standard InChI is InChI=1S/C10H11NO3S/c1-4-8(12)11-7-5-15-6(2)9(7)10(13)14-3/h4-5H,1H2,2-3H3,(H,11,12). The summed E-state index contributed by atoms with van der Waals surface area (Å²) in [6.07, 6.45) is 1.15. The van der Waals surface area contributed by atoms with Gasteiger partial charge in [0.25, 0.3) is 0 Å². The number of carbonyl (C=O) groups excluding carboxylic acids is 2. The van der Waals surface area contributed by atoms with Gasteiger partial charge >= 0.3 is 5.97 Å². The average Bonchev–Trinajstić information content (AvgIpc) is 2.58. The molecule has 1 N–H and O–H groups in total. The van der Waals surface area contributed by atoms with Gasteiger partial charge in [-0.15, -0.1) is 11.3 Å². The second-order valence-electron chi connectivity index (χ2n) is 2.77. The molecule has 0 saturated carbocycles. The number of methoxy groups -OCH3 is 1. The van der Waals surface area contributed by atoms with E-state index in [1.165, 1.54) is 18.4 Å². The molecule has 1 heterocycles. The van der Waals surface area contributed by atoms with Crippen molar-refractivity contribution in [2.75, 3.05) is 12.4 Å². The van der Waals surface area contributed by atoms with E-state index >= 15 is 0 Å². The van der Waals surface area contributed by atoms with Gasteiger partial charge in [-0.3, -0.25) is 4.79 Å². The minimum absolute atomic E-state index is 0.349. The van der Waals surface area contributed by atoms with Gasteiger partial charge in [-0.25, -0.2) is 4.79 Å². The Balaban J connectivity index is 3.03. The van der Waals surface area contributed by atoms with Gasteiger partial charge in [0.1, 0.15) is 0 Å². The number of carbonyl (C=O) groups is 2. The van der Waals surface area contributed by atoms with Gasteiger partial charge in [0.15, 0.2) is 0 Å². The molecule has 1 amide bonds. The minimum Gasteiger partial charge on any atom is -0.465 e. The average molecular weight is 225 g/mol. The predicted octanol–water partition coefficient (Wildman–Crippen LogP) is 1.97. The number of rotatable bonds is 3. The largest absolute Gasteiger partial charge is 0.465 e. The number of hydrogen-bond acceptors (Lipinski definition) is 4. The molecule has 0 atom stereocenters. The van der Waals surface area contributed by atoms with E-state index < -0.39 is 5.97 Å². The fourth-order valence-electron chi connectivity index (χ4n) is 1.09. The molecule has 4 nitrogen and oxygen atoms in total. The number of nitrogens with one attached hydrogen (secondary N) is 1. The van der Waals surface area contributed by atoms with E-state index in [0.717, 1.165) is 11.0 Å². The highest BCUT2D eigenvalue weighted by molar-refractivity contribution is 7.10. The van der Waals surface area contributed by atoms with Crippen molar-refractivity contribution in [2.45, 2.75) is 6.92 Å². The van der Waals surface area contributed by atoms with Gasteiger partial charge in [-0.1, -0.05) is 6.58 Å². The van der Waals surface area contributed by atoms with E-state index in [1.807, 2.05) is 0 Å². The zero-order chi connectivity index (χ0) is 11.4. The van der Waals surface area contributed by atoms with Crippen LogP contribution in [0, 0.1) is 6.92 Å². The minimum atomic E-state index is -0.451. The third kappa shape index (κ3) is 2.44. The van der Waals surface area contributed by atoms with Crippen molar-refractivity contribution in [1.82, 2.24) is 0 Å². The molecular formula is C10H11NO3S. The van der Waals surface area contributed by atoms with Crippen LogP contribution in [-0.2, 0) is 9.53 Å². The van der Waals surface area contributed by atoms with Crippen LogP contribution in [0.5, 0.6) is 0 Å². The van der Waals surface area contributed by atoms with E-state index in [4.69, 9.17) is 0 Å². The molecule has 1 rings (SSSR count). The molecule has 15 heavy (non-hydrogen) atoms. The summed E-state index contributed by atoms with van der Waals surface area (Å²) in [6, 6.07) is 0. The van der Waals surface area contributed by atoms with E-state index in [-0.39, 0.29) is 5.91 Å². The molecule has 1 aromatic heterocycles. The Kier molecular flexibility index (Phi) is 3.62. The summed E-state index contributed by atoms with van der Waals surface area (Å²) >= 11 is 1.38. The van der Waals surface area contributed by atoms with Gasteiger partial charge in [0.05, 0.1) is 18.4 Å². The molecule has 0 spiro atoms. The third-order valence-corrected chi connectivity index (χ3v) is 2.72. The molecule has 0 aliphatic rings. The predicted molar refractivity (Wildman–Crippen MR) is 59.2 cm³/mol. The lowest BCUT2D eigenvalue weighted by molar-refractivity contribution is -0.111. The Hall–Kier alpha value is -1.62. The molecular weight excluding hydrogens is 214 g/mol. The first-order valence-electron chi connectivity index (χ1n) is 4.20. The number of thiophene rings is 1. The van der Waals surface area contributed by atoms with Gasteiger partial charge in [-0.2, -0.15) is 0 Å². The van der Waals surface area contributed by atoms with Crippen molar-refractivity contribution in [3.8, 4) is 0 Å². The van der Waals surface area contributed by atoms with Crippen molar-refractivity contribution in [1.29, 1.82) is 0 Å². The quantitative estimate of drug-likeness (QED) is 0.632. The van der Waals surface area contributed by atoms with Gasteiger partial charge in [0.2, 0.25) is 5.91 Å². The SMILES string of the molecule is C=CC(=O)Nc1csc(C)c1C(=O)OC. The van der Waals surface area contributed by atoms with E-state index in [2.05, 4.69) is 16.6 Å². The Labute approximate surface area is 91.6 Å². The Morgan fingerprint density at radius 1 is 1.60 bits per heavy atom. The Morgan fingerprint density at radius 2 is 2.27 bits per heavy atom. The molecule has 0 fully saturated rings. The Morgan fingerprint density at radius 3 is 2.80 bits per heavy atom. The summed E-state index contributed by atoms with van der Waals surface area (Å²) in [6.45, 7) is 5.13. The van der Waals surface area contributed by atoms with Crippen molar-refractivity contribution < 1.29 is 14.3 Å². The van der Waals surface area contributed by atoms with Gasteiger partial charge in [0, 0.05) is 10.3 Å². The van der Waals surface area contributed by atoms with Crippen molar-refractivity contribution >= 4 is 28.9 Å². The molecule has 0 unspecified atom stereocenters. The van der Waals surface area contributed by atoms with E-state index in [0.29, 0.717) is 11.3 Å². The monoisotopic (exact) mass is 225 g/mol. The molecule has 0 radical (unpaired) electrons. The smallest absolute Gasteiger partial charge is 0.341 e. The molecule has 0 saturated heterocycles. The maximum Gasteiger partial charge on any atom is 0.341 e. The van der Waals surface area contributed by atoms with Crippen LogP contribution in [0.15, 0.2) is 18.0 Å². The van der Waals surface area contributed by atoms with Crippen LogP contribution in [-0.4, -0.2) is 19.0 Å². The van der Waals surface area contributed by atoms with Crippen LogP contribution >= 0.6 is 11.3 Å². The lowest BCUT2D eigenvalue weighted by Crippen LogP contribution is -2.11. The maximum atomic E-state index is 11.4. The highest BCUT2D eigenvalue weighted by Crippen LogP contribution is 2.27. The van der Waals surface area contributed by atoms with Crippen molar-refractivity contribution in [3.05, 3.63) is 28.5 Å². The number of hydrogen-bond donors (Lipinski definition) is 1. The van der Waals surface area contributed by atoms with E-state index in [9.17, 15) is 9.59 Å². The van der Waals surface area contributed by atoms with Crippen molar-refractivity contribution in [3.63, 3.8) is 0 Å². The molecule has 0 aromatic carbocycles. The zero-order valence-corrected chi connectivity index (χ0v) is 9.31. The van der Waals surface area contributed by atoms with Crippen molar-refractivity contribution in [2.24, 2.45) is 0 Å². The number of anilines is 1. The van der Waals surface area contributed by atoms with Crippen LogP contribution in [0.2, 0.25) is 0 Å². The normalized spacial score (nSPS) is 9.47. The summed E-state index contributed by atoms with van der Waals surface area (Å²) in [7, 11) is 1.30. The van der Waals surface area contributed by atoms with E-state index in [1.54, 1.807) is 12.3 Å². The van der Waals surface area contributed by atoms with Crippen LogP contribution in [0.1, 0.15) is 15.2 Å². The number of amides is 1. The molecule has 1 aromatic rings. The second-order valence-corrected chi connectivity index (χ2v) is 3.85. The number of esters is 1. The lowest BCUT2D eigenvalue weighted by atomic mass is 10.2. The fraction of sp³-hybridized carbons (Fsp3) is 0.200. The van der Waals surface area contributed by atoms with Crippen LogP contribution < -0.4 is 5.32 Å². The highest BCUT2D eigenvalue weighted by Gasteiger charge is 2.17. The van der Waals surface area contributed by atoms with Gasteiger partial charge < -0.3 is 10.1 Å². The summed E-state index contributed by atoms with van der Waals surface area (Å²) in [4.78, 5) is 23.3. The molecule has 5 heteroatoms. The summed E-state index contributed by atoms with van der Waals surface area (Å²) in [5.74, 6) is -0.800. The first-order chi connectivity index (χ1) is 7.10. The molecule has 80 valence electrons. The summed E-state index contributed by atoms with van der Waals surface area (Å²) < 4.78 is 4.62. The fourth-order valence-corrected chi connectivity index (χ4v) is 1.87. The lowest BCUT2D eigenvalue weighted by Gasteiger charge is -2.03. The maximum absolute atomic E-state index is 11.4. The molecule has 0 aliphatic heterocycles. The third-order valence-electron chi connectivity index (χ3n) is 1.81. The van der Waals surface area contributed by atoms with Crippen LogP contribution in [0.4, 0.5) is 5.69 Å². The molecule has 0 aliphatic carbocycles. The topological polar surface area (TPSA) is 55.4 Å². The summed E-state index contributed by atoms with van der Waals surface area (Å²) in [5.41, 5.74) is 0.868.